The lowest BCUT2D eigenvalue weighted by Gasteiger charge is -2.07. The molecule has 3 rings (SSSR count). The van der Waals surface area contributed by atoms with Crippen molar-refractivity contribution in [3.05, 3.63) is 74.3 Å². The highest BCUT2D eigenvalue weighted by Gasteiger charge is 2.16. The fraction of sp³-hybridized carbons (Fsp3) is 0.286. The van der Waals surface area contributed by atoms with E-state index in [4.69, 9.17) is 9.15 Å². The van der Waals surface area contributed by atoms with Crippen LogP contribution in [-0.2, 0) is 27.3 Å². The zero-order valence-electron chi connectivity index (χ0n) is 16.8. The van der Waals surface area contributed by atoms with Crippen LogP contribution >= 0.6 is 0 Å². The molecule has 0 saturated carbocycles. The van der Waals surface area contributed by atoms with Crippen LogP contribution in [0.4, 0.5) is 5.69 Å². The summed E-state index contributed by atoms with van der Waals surface area (Å²) < 4.78 is 11.0. The van der Waals surface area contributed by atoms with E-state index in [1.807, 2.05) is 31.2 Å². The molecular formula is C21H21N3O7. The first-order valence-electron chi connectivity index (χ1n) is 9.59. The predicted molar refractivity (Wildman–Crippen MR) is 111 cm³/mol. The molecule has 10 heteroatoms. The van der Waals surface area contributed by atoms with Crippen LogP contribution in [-0.4, -0.2) is 34.5 Å². The molecule has 10 nitrogen and oxygen atoms in total. The van der Waals surface area contributed by atoms with E-state index in [9.17, 15) is 24.5 Å². The van der Waals surface area contributed by atoms with Crippen LogP contribution in [0.3, 0.4) is 0 Å². The van der Waals surface area contributed by atoms with Crippen LogP contribution in [0.15, 0.2) is 51.7 Å². The normalized spacial score (nSPS) is 10.7. The average Bonchev–Trinajstić information content (AvgIpc) is 3.05. The zero-order valence-corrected chi connectivity index (χ0v) is 16.8. The molecule has 0 bridgehead atoms. The van der Waals surface area contributed by atoms with Crippen molar-refractivity contribution >= 4 is 28.7 Å². The number of nitro benzene ring substituents is 1. The number of non-ortho nitro benzene ring substituents is 1. The molecule has 0 unspecified atom stereocenters. The van der Waals surface area contributed by atoms with Gasteiger partial charge in [0, 0.05) is 12.5 Å². The van der Waals surface area contributed by atoms with Gasteiger partial charge in [0.25, 0.3) is 5.69 Å². The Morgan fingerprint density at radius 2 is 1.94 bits per heavy atom. The van der Waals surface area contributed by atoms with Gasteiger partial charge in [-0.2, -0.15) is 0 Å². The number of aryl methyl sites for hydroxylation is 2. The predicted octanol–water partition coefficient (Wildman–Crippen LogP) is 2.10. The van der Waals surface area contributed by atoms with Gasteiger partial charge in [-0.05, 0) is 25.0 Å². The maximum Gasteiger partial charge on any atom is 0.420 e. The van der Waals surface area contributed by atoms with Gasteiger partial charge in [-0.15, -0.1) is 0 Å². The molecule has 2 aromatic carbocycles. The summed E-state index contributed by atoms with van der Waals surface area (Å²) in [4.78, 5) is 46.1. The van der Waals surface area contributed by atoms with Crippen LogP contribution in [0, 0.1) is 17.0 Å². The topological polar surface area (TPSA) is 134 Å². The number of carbonyl (C=O) groups is 2. The van der Waals surface area contributed by atoms with Crippen LogP contribution < -0.4 is 11.1 Å². The van der Waals surface area contributed by atoms with Gasteiger partial charge in [0.2, 0.25) is 5.91 Å². The van der Waals surface area contributed by atoms with Crippen molar-refractivity contribution < 1.29 is 23.7 Å². The van der Waals surface area contributed by atoms with Crippen LogP contribution in [0.5, 0.6) is 0 Å². The number of hydrogen-bond acceptors (Lipinski definition) is 7. The number of oxazole rings is 1. The standard InChI is InChI=1S/C21H21N3O7/c1-14-2-4-15(5-3-14)6-9-19(25)22-10-11-30-20(26)13-23-17-8-7-16(24(28)29)12-18(17)31-21(23)27/h2-5,7-8,12H,6,9-11,13H2,1H3,(H,22,25). The highest BCUT2D eigenvalue weighted by Crippen LogP contribution is 2.20. The Morgan fingerprint density at radius 3 is 2.65 bits per heavy atom. The summed E-state index contributed by atoms with van der Waals surface area (Å²) >= 11 is 0. The molecule has 0 aliphatic rings. The highest BCUT2D eigenvalue weighted by atomic mass is 16.6. The number of fused-ring (bicyclic) bond motifs is 1. The molecule has 1 N–H and O–H groups in total. The zero-order chi connectivity index (χ0) is 22.4. The first-order valence-corrected chi connectivity index (χ1v) is 9.59. The Hall–Kier alpha value is -3.95. The number of benzene rings is 2. The van der Waals surface area contributed by atoms with Gasteiger partial charge >= 0.3 is 11.7 Å². The maximum absolute atomic E-state index is 12.0. The van der Waals surface area contributed by atoms with Crippen molar-refractivity contribution in [2.75, 3.05) is 13.2 Å². The molecule has 0 spiro atoms. The van der Waals surface area contributed by atoms with Crippen molar-refractivity contribution in [2.24, 2.45) is 0 Å². The minimum absolute atomic E-state index is 0.00726. The summed E-state index contributed by atoms with van der Waals surface area (Å²) in [6.45, 7) is 1.68. The molecule has 3 aromatic rings. The molecule has 0 fully saturated rings. The Bertz CT molecular complexity index is 1160. The van der Waals surface area contributed by atoms with Gasteiger partial charge in [0.05, 0.1) is 23.1 Å². The first-order chi connectivity index (χ1) is 14.8. The second-order valence-corrected chi connectivity index (χ2v) is 6.92. The van der Waals surface area contributed by atoms with E-state index < -0.39 is 23.2 Å². The summed E-state index contributed by atoms with van der Waals surface area (Å²) in [5.41, 5.74) is 2.25. The molecule has 0 aliphatic carbocycles. The molecule has 0 aliphatic heterocycles. The maximum atomic E-state index is 12.0. The molecule has 31 heavy (non-hydrogen) atoms. The number of nitrogens with one attached hydrogen (secondary N) is 1. The monoisotopic (exact) mass is 427 g/mol. The molecule has 0 radical (unpaired) electrons. The molecule has 1 aromatic heterocycles. The van der Waals surface area contributed by atoms with Gasteiger partial charge in [0.1, 0.15) is 13.2 Å². The van der Waals surface area contributed by atoms with Gasteiger partial charge in [-0.3, -0.25) is 24.3 Å². The number of amides is 1. The van der Waals surface area contributed by atoms with Crippen LogP contribution in [0.1, 0.15) is 17.5 Å². The fourth-order valence-electron chi connectivity index (χ4n) is 2.95. The van der Waals surface area contributed by atoms with E-state index in [0.29, 0.717) is 12.8 Å². The lowest BCUT2D eigenvalue weighted by atomic mass is 10.1. The molecule has 1 amide bonds. The second-order valence-electron chi connectivity index (χ2n) is 6.92. The highest BCUT2D eigenvalue weighted by molar-refractivity contribution is 5.78. The largest absolute Gasteiger partial charge is 0.462 e. The quantitative estimate of drug-likeness (QED) is 0.239. The number of hydrogen-bond donors (Lipinski definition) is 1. The summed E-state index contributed by atoms with van der Waals surface area (Å²) in [5.74, 6) is -1.68. The van der Waals surface area contributed by atoms with E-state index in [2.05, 4.69) is 5.32 Å². The number of aromatic nitrogens is 1. The molecular weight excluding hydrogens is 406 g/mol. The second kappa shape index (κ2) is 9.70. The van der Waals surface area contributed by atoms with Crippen LogP contribution in [0.25, 0.3) is 11.1 Å². The molecule has 162 valence electrons. The summed E-state index contributed by atoms with van der Waals surface area (Å²) in [5, 5.41) is 13.5. The average molecular weight is 427 g/mol. The fourth-order valence-corrected chi connectivity index (χ4v) is 2.95. The third kappa shape index (κ3) is 5.78. The van der Waals surface area contributed by atoms with Crippen molar-refractivity contribution in [2.45, 2.75) is 26.3 Å². The van der Waals surface area contributed by atoms with Crippen molar-refractivity contribution in [1.82, 2.24) is 9.88 Å². The third-order valence-electron chi connectivity index (χ3n) is 4.60. The Labute approximate surface area is 176 Å². The summed E-state index contributed by atoms with van der Waals surface area (Å²) in [6.07, 6.45) is 0.931. The smallest absolute Gasteiger partial charge is 0.420 e. The number of nitro groups is 1. The third-order valence-corrected chi connectivity index (χ3v) is 4.60. The number of nitrogens with zero attached hydrogens (tertiary/aromatic N) is 2. The van der Waals surface area contributed by atoms with E-state index >= 15 is 0 Å². The summed E-state index contributed by atoms with van der Waals surface area (Å²) in [6, 6.07) is 11.6. The lowest BCUT2D eigenvalue weighted by Crippen LogP contribution is -2.29. The van der Waals surface area contributed by atoms with Crippen LogP contribution in [0.2, 0.25) is 0 Å². The van der Waals surface area contributed by atoms with Crippen molar-refractivity contribution in [3.63, 3.8) is 0 Å². The Kier molecular flexibility index (Phi) is 6.81. The van der Waals surface area contributed by atoms with Gasteiger partial charge < -0.3 is 14.5 Å². The number of carbonyl (C=O) groups excluding carboxylic acids is 2. The summed E-state index contributed by atoms with van der Waals surface area (Å²) in [7, 11) is 0. The molecule has 1 heterocycles. The van der Waals surface area contributed by atoms with E-state index in [1.54, 1.807) is 0 Å². The Morgan fingerprint density at radius 1 is 1.19 bits per heavy atom. The van der Waals surface area contributed by atoms with Crippen molar-refractivity contribution in [1.29, 1.82) is 0 Å². The van der Waals surface area contributed by atoms with E-state index in [0.717, 1.165) is 21.8 Å². The molecule has 0 atom stereocenters. The van der Waals surface area contributed by atoms with E-state index in [1.165, 1.54) is 12.1 Å². The van der Waals surface area contributed by atoms with Gasteiger partial charge in [0.15, 0.2) is 5.58 Å². The van der Waals surface area contributed by atoms with E-state index in [-0.39, 0.29) is 35.8 Å². The first kappa shape index (κ1) is 21.8. The van der Waals surface area contributed by atoms with Crippen molar-refractivity contribution in [3.8, 4) is 0 Å². The Balaban J connectivity index is 1.43. The minimum atomic E-state index is -0.822. The SMILES string of the molecule is Cc1ccc(CCC(=O)NCCOC(=O)Cn2c(=O)oc3cc([N+](=O)[O-])ccc32)cc1. The molecule has 0 saturated heterocycles. The number of rotatable bonds is 9. The number of esters is 1. The van der Waals surface area contributed by atoms with Gasteiger partial charge in [-0.25, -0.2) is 4.79 Å². The lowest BCUT2D eigenvalue weighted by molar-refractivity contribution is -0.384. The van der Waals surface area contributed by atoms with Gasteiger partial charge in [-0.1, -0.05) is 29.8 Å². The minimum Gasteiger partial charge on any atom is -0.462 e. The number of ether oxygens (including phenoxy) is 1.